The highest BCUT2D eigenvalue weighted by atomic mass is 19.1. The summed E-state index contributed by atoms with van der Waals surface area (Å²) in [7, 11) is 1.61. The molecule has 0 saturated carbocycles. The quantitative estimate of drug-likeness (QED) is 0.799. The zero-order valence-electron chi connectivity index (χ0n) is 11.4. The molecule has 1 heterocycles. The van der Waals surface area contributed by atoms with Crippen molar-refractivity contribution in [2.45, 2.75) is 5.54 Å². The van der Waals surface area contributed by atoms with Gasteiger partial charge in [0.05, 0.1) is 0 Å². The van der Waals surface area contributed by atoms with Crippen LogP contribution in [0, 0.1) is 18.2 Å². The Morgan fingerprint density at radius 3 is 2.62 bits per heavy atom. The van der Waals surface area contributed by atoms with Crippen molar-refractivity contribution < 1.29 is 9.18 Å². The highest BCUT2D eigenvalue weighted by molar-refractivity contribution is 5.95. The Kier molecular flexibility index (Phi) is 2.91. The van der Waals surface area contributed by atoms with E-state index < -0.39 is 11.4 Å². The number of terminal acetylenes is 1. The van der Waals surface area contributed by atoms with Gasteiger partial charge in [0.2, 0.25) is 0 Å². The molecule has 0 bridgehead atoms. The zero-order chi connectivity index (χ0) is 15.0. The van der Waals surface area contributed by atoms with Gasteiger partial charge in [-0.3, -0.25) is 0 Å². The van der Waals surface area contributed by atoms with Crippen molar-refractivity contribution in [1.29, 1.82) is 0 Å². The summed E-state index contributed by atoms with van der Waals surface area (Å²) in [5, 5.41) is 2.72. The van der Waals surface area contributed by atoms with E-state index in [1.54, 1.807) is 7.05 Å². The van der Waals surface area contributed by atoms with Gasteiger partial charge in [-0.25, -0.2) is 9.18 Å². The van der Waals surface area contributed by atoms with Crippen LogP contribution in [0.25, 0.3) is 0 Å². The number of hydrogen-bond acceptors (Lipinski definition) is 1. The third-order valence-electron chi connectivity index (χ3n) is 3.82. The molecule has 2 aromatic carbocycles. The van der Waals surface area contributed by atoms with Gasteiger partial charge < -0.3 is 10.2 Å². The number of urea groups is 1. The molecule has 104 valence electrons. The molecule has 1 aliphatic heterocycles. The second-order valence-corrected chi connectivity index (χ2v) is 4.90. The highest BCUT2D eigenvalue weighted by Gasteiger charge is 2.44. The van der Waals surface area contributed by atoms with E-state index >= 15 is 0 Å². The number of nitrogens with zero attached hydrogens (tertiary/aromatic N) is 1. The summed E-state index contributed by atoms with van der Waals surface area (Å²) in [6, 6.07) is 13.1. The Morgan fingerprint density at radius 1 is 1.24 bits per heavy atom. The zero-order valence-corrected chi connectivity index (χ0v) is 11.4. The summed E-state index contributed by atoms with van der Waals surface area (Å²) in [6.45, 7) is 0. The Hall–Kier alpha value is -2.80. The first-order chi connectivity index (χ1) is 10.1. The minimum Gasteiger partial charge on any atom is -0.307 e. The van der Waals surface area contributed by atoms with Crippen LogP contribution in [0.5, 0.6) is 0 Å². The molecule has 3 rings (SSSR count). The van der Waals surface area contributed by atoms with Crippen LogP contribution in [0.15, 0.2) is 48.5 Å². The molecule has 0 saturated heterocycles. The van der Waals surface area contributed by atoms with Crippen LogP contribution in [-0.2, 0) is 5.54 Å². The number of nitrogens with one attached hydrogen (secondary N) is 1. The van der Waals surface area contributed by atoms with Crippen LogP contribution < -0.4 is 5.32 Å². The summed E-state index contributed by atoms with van der Waals surface area (Å²) >= 11 is 0. The van der Waals surface area contributed by atoms with Crippen molar-refractivity contribution in [3.8, 4) is 12.3 Å². The van der Waals surface area contributed by atoms with Gasteiger partial charge in [0, 0.05) is 18.3 Å². The summed E-state index contributed by atoms with van der Waals surface area (Å²) in [4.78, 5) is 13.6. The minimum atomic E-state index is -1.12. The second-order valence-electron chi connectivity index (χ2n) is 4.90. The Labute approximate surface area is 122 Å². The molecule has 0 aromatic heterocycles. The third kappa shape index (κ3) is 1.78. The smallest absolute Gasteiger partial charge is 0.307 e. The number of halogens is 1. The van der Waals surface area contributed by atoms with E-state index in [2.05, 4.69) is 11.2 Å². The maximum absolute atomic E-state index is 13.7. The third-order valence-corrected chi connectivity index (χ3v) is 3.82. The Morgan fingerprint density at radius 2 is 1.95 bits per heavy atom. The average molecular weight is 280 g/mol. The highest BCUT2D eigenvalue weighted by Crippen LogP contribution is 2.42. The van der Waals surface area contributed by atoms with Crippen LogP contribution in [0.2, 0.25) is 0 Å². The van der Waals surface area contributed by atoms with E-state index in [1.165, 1.54) is 23.1 Å². The molecule has 0 fully saturated rings. The molecule has 1 N–H and O–H groups in total. The largest absolute Gasteiger partial charge is 0.323 e. The number of amides is 2. The van der Waals surface area contributed by atoms with E-state index in [1.807, 2.05) is 30.3 Å². The fourth-order valence-corrected chi connectivity index (χ4v) is 2.74. The normalized spacial score (nSPS) is 20.4. The molecule has 1 atom stereocenters. The standard InChI is InChI=1S/C17H13FN2O/c1-3-17(12-7-5-4-6-8-12)14-11-13(18)9-10-15(14)19-16(21)20(17)2/h1,4-11H,2H3,(H,19,21). The molecule has 0 radical (unpaired) electrons. The van der Waals surface area contributed by atoms with Gasteiger partial charge in [0.1, 0.15) is 5.82 Å². The number of fused-ring (bicyclic) bond motifs is 1. The van der Waals surface area contributed by atoms with Gasteiger partial charge in [-0.1, -0.05) is 36.3 Å². The van der Waals surface area contributed by atoms with Crippen molar-refractivity contribution in [2.75, 3.05) is 12.4 Å². The molecule has 4 heteroatoms. The molecular formula is C17H13FN2O. The Balaban J connectivity index is 2.36. The number of carbonyl (C=O) groups excluding carboxylic acids is 1. The predicted molar refractivity (Wildman–Crippen MR) is 79.2 cm³/mol. The second kappa shape index (κ2) is 4.64. The SMILES string of the molecule is C#CC1(c2ccccc2)c2cc(F)ccc2NC(=O)N1C. The molecule has 1 aliphatic rings. The van der Waals surface area contributed by atoms with Gasteiger partial charge in [0.15, 0.2) is 5.54 Å². The summed E-state index contributed by atoms with van der Waals surface area (Å²) < 4.78 is 13.7. The monoisotopic (exact) mass is 280 g/mol. The van der Waals surface area contributed by atoms with Crippen molar-refractivity contribution in [3.05, 3.63) is 65.5 Å². The van der Waals surface area contributed by atoms with E-state index in [0.29, 0.717) is 11.3 Å². The van der Waals surface area contributed by atoms with E-state index in [9.17, 15) is 9.18 Å². The molecule has 21 heavy (non-hydrogen) atoms. The lowest BCUT2D eigenvalue weighted by atomic mass is 9.80. The number of benzene rings is 2. The predicted octanol–water partition coefficient (Wildman–Crippen LogP) is 3.18. The van der Waals surface area contributed by atoms with E-state index in [4.69, 9.17) is 6.42 Å². The van der Waals surface area contributed by atoms with Crippen LogP contribution in [-0.4, -0.2) is 18.0 Å². The lowest BCUT2D eigenvalue weighted by Crippen LogP contribution is -2.52. The first-order valence-electron chi connectivity index (χ1n) is 6.47. The Bertz CT molecular complexity index is 751. The van der Waals surface area contributed by atoms with Crippen molar-refractivity contribution >= 4 is 11.7 Å². The summed E-state index contributed by atoms with van der Waals surface area (Å²) in [5.74, 6) is 2.30. The molecule has 1 unspecified atom stereocenters. The molecule has 2 amide bonds. The van der Waals surface area contributed by atoms with Gasteiger partial charge in [0.25, 0.3) is 0 Å². The molecule has 3 nitrogen and oxygen atoms in total. The number of anilines is 1. The van der Waals surface area contributed by atoms with Crippen molar-refractivity contribution in [3.63, 3.8) is 0 Å². The number of carbonyl (C=O) groups is 1. The van der Waals surface area contributed by atoms with E-state index in [0.717, 1.165) is 5.56 Å². The van der Waals surface area contributed by atoms with Gasteiger partial charge in [-0.2, -0.15) is 0 Å². The lowest BCUT2D eigenvalue weighted by Gasteiger charge is -2.43. The van der Waals surface area contributed by atoms with Gasteiger partial charge in [-0.15, -0.1) is 6.42 Å². The van der Waals surface area contributed by atoms with Crippen molar-refractivity contribution in [1.82, 2.24) is 4.90 Å². The number of rotatable bonds is 1. The van der Waals surface area contributed by atoms with E-state index in [-0.39, 0.29) is 6.03 Å². The van der Waals surface area contributed by atoms with Gasteiger partial charge >= 0.3 is 6.03 Å². The molecule has 0 spiro atoms. The lowest BCUT2D eigenvalue weighted by molar-refractivity contribution is 0.191. The summed E-state index contributed by atoms with van der Waals surface area (Å²) in [6.07, 6.45) is 5.79. The summed E-state index contributed by atoms with van der Waals surface area (Å²) in [5.41, 5.74) is 0.706. The van der Waals surface area contributed by atoms with Crippen LogP contribution in [0.3, 0.4) is 0 Å². The van der Waals surface area contributed by atoms with Gasteiger partial charge in [-0.05, 0) is 23.8 Å². The molecule has 0 aliphatic carbocycles. The molecule has 2 aromatic rings. The fourth-order valence-electron chi connectivity index (χ4n) is 2.74. The average Bonchev–Trinajstić information content (AvgIpc) is 2.51. The molecular weight excluding hydrogens is 267 g/mol. The van der Waals surface area contributed by atoms with Crippen LogP contribution in [0.1, 0.15) is 11.1 Å². The number of hydrogen-bond donors (Lipinski definition) is 1. The minimum absolute atomic E-state index is 0.323. The van der Waals surface area contributed by atoms with Crippen LogP contribution >= 0.6 is 0 Å². The van der Waals surface area contributed by atoms with Crippen molar-refractivity contribution in [2.24, 2.45) is 0 Å². The first-order valence-corrected chi connectivity index (χ1v) is 6.47. The first kappa shape index (κ1) is 13.2. The maximum atomic E-state index is 13.7. The van der Waals surface area contributed by atoms with Crippen LogP contribution in [0.4, 0.5) is 14.9 Å². The fraction of sp³-hybridized carbons (Fsp3) is 0.118. The maximum Gasteiger partial charge on any atom is 0.323 e. The topological polar surface area (TPSA) is 32.3 Å².